The maximum absolute atomic E-state index is 12.6. The van der Waals surface area contributed by atoms with Crippen molar-refractivity contribution in [3.8, 4) is 5.69 Å². The van der Waals surface area contributed by atoms with E-state index >= 15 is 0 Å². The predicted molar refractivity (Wildman–Crippen MR) is 133 cm³/mol. The zero-order valence-corrected chi connectivity index (χ0v) is 20.9. The molecule has 0 unspecified atom stereocenters. The number of nitrogens with zero attached hydrogens (tertiary/aromatic N) is 2. The maximum atomic E-state index is 12.6. The number of rotatable bonds is 3. The van der Waals surface area contributed by atoms with Crippen molar-refractivity contribution < 1.29 is 20.1 Å². The molecule has 3 N–H and O–H groups in total. The number of hydrogen-bond acceptors (Lipinski definition) is 5. The molecule has 3 fully saturated rings. The van der Waals surface area contributed by atoms with Gasteiger partial charge in [0.1, 0.15) is 12.2 Å². The summed E-state index contributed by atoms with van der Waals surface area (Å²) in [6.45, 7) is 5.71. The maximum Gasteiger partial charge on any atom is 0.190 e. The van der Waals surface area contributed by atoms with Gasteiger partial charge < -0.3 is 15.3 Å². The highest BCUT2D eigenvalue weighted by Gasteiger charge is 2.68. The zero-order chi connectivity index (χ0) is 24.8. The van der Waals surface area contributed by atoms with Gasteiger partial charge in [0, 0.05) is 5.41 Å². The summed E-state index contributed by atoms with van der Waals surface area (Å²) >= 11 is 0. The molecule has 1 aromatic carbocycles. The second kappa shape index (κ2) is 7.61. The SMILES string of the molecule is Cc1cccc(-n2ncc3c2C=C2CC[C@@H]4[C@H]([C@@H](O)C[C@@]5(C)[C@H]4CC[C@]5(O)C(=O)CO)[C@@]2(C)C3)c1. The predicted octanol–water partition coefficient (Wildman–Crippen LogP) is 3.63. The molecule has 4 aliphatic rings. The fraction of sp³-hybridized carbons (Fsp3) is 0.586. The van der Waals surface area contributed by atoms with Gasteiger partial charge in [0.15, 0.2) is 5.78 Å². The van der Waals surface area contributed by atoms with Crippen molar-refractivity contribution in [3.05, 3.63) is 52.9 Å². The second-order valence-electron chi connectivity index (χ2n) is 12.1. The van der Waals surface area contributed by atoms with E-state index in [0.717, 1.165) is 37.1 Å². The van der Waals surface area contributed by atoms with Crippen LogP contribution in [0, 0.1) is 35.5 Å². The standard InChI is InChI=1S/C29H36N2O4/c1-17-5-4-6-20(11-17)31-23-12-19-7-8-21-22-9-10-29(35,25(34)16-32)28(22,3)14-24(33)26(21)27(19,2)13-18(23)15-30-31/h4-6,11-12,15,21-22,24,26,32-33,35H,7-10,13-14,16H2,1-3H3/t21-,22-,24-,26+,27-,28-,29-/m0/s1. The fourth-order valence-electron chi connectivity index (χ4n) is 8.74. The molecule has 3 saturated carbocycles. The topological polar surface area (TPSA) is 95.6 Å². The molecule has 4 aliphatic carbocycles. The van der Waals surface area contributed by atoms with E-state index in [2.05, 4.69) is 44.2 Å². The molecule has 1 aromatic heterocycles. The van der Waals surface area contributed by atoms with Crippen LogP contribution in [0.4, 0.5) is 0 Å². The highest BCUT2D eigenvalue weighted by atomic mass is 16.3. The Morgan fingerprint density at radius 3 is 2.80 bits per heavy atom. The molecule has 1 heterocycles. The lowest BCUT2D eigenvalue weighted by Gasteiger charge is -2.60. The van der Waals surface area contributed by atoms with E-state index in [1.165, 1.54) is 16.7 Å². The van der Waals surface area contributed by atoms with Crippen molar-refractivity contribution in [2.75, 3.05) is 6.61 Å². The number of aliphatic hydroxyl groups excluding tert-OH is 2. The molecule has 0 bridgehead atoms. The first kappa shape index (κ1) is 23.1. The number of Topliss-reactive ketones (excluding diaryl/α,β-unsaturated/α-hetero) is 1. The van der Waals surface area contributed by atoms with E-state index in [-0.39, 0.29) is 23.2 Å². The third kappa shape index (κ3) is 3.00. The summed E-state index contributed by atoms with van der Waals surface area (Å²) in [5.41, 5.74) is 3.54. The minimum atomic E-state index is -1.55. The summed E-state index contributed by atoms with van der Waals surface area (Å²) in [6.07, 6.45) is 7.93. The third-order valence-corrected chi connectivity index (χ3v) is 10.4. The average Bonchev–Trinajstić information content (AvgIpc) is 3.34. The number of carbonyl (C=O) groups is 1. The van der Waals surface area contributed by atoms with Crippen molar-refractivity contribution in [3.63, 3.8) is 0 Å². The minimum Gasteiger partial charge on any atom is -0.393 e. The number of aromatic nitrogens is 2. The highest BCUT2D eigenvalue weighted by molar-refractivity contribution is 5.89. The van der Waals surface area contributed by atoms with Crippen LogP contribution in [0.3, 0.4) is 0 Å². The summed E-state index contributed by atoms with van der Waals surface area (Å²) in [5.74, 6) is -0.0322. The van der Waals surface area contributed by atoms with E-state index < -0.39 is 29.5 Å². The molecule has 0 radical (unpaired) electrons. The summed E-state index contributed by atoms with van der Waals surface area (Å²) in [5, 5.41) is 37.4. The van der Waals surface area contributed by atoms with E-state index in [1.807, 2.05) is 17.8 Å². The molecule has 2 aromatic rings. The highest BCUT2D eigenvalue weighted by Crippen LogP contribution is 2.67. The summed E-state index contributed by atoms with van der Waals surface area (Å²) in [4.78, 5) is 12.6. The van der Waals surface area contributed by atoms with Gasteiger partial charge in [0.25, 0.3) is 0 Å². The Morgan fingerprint density at radius 2 is 2.06 bits per heavy atom. The van der Waals surface area contributed by atoms with Crippen molar-refractivity contribution in [2.24, 2.45) is 28.6 Å². The molecule has 7 atom stereocenters. The van der Waals surface area contributed by atoms with Gasteiger partial charge in [-0.2, -0.15) is 5.10 Å². The summed E-state index contributed by atoms with van der Waals surface area (Å²) in [7, 11) is 0. The smallest absolute Gasteiger partial charge is 0.190 e. The Kier molecular flexibility index (Phi) is 5.03. The Hall–Kier alpha value is -2.28. The summed E-state index contributed by atoms with van der Waals surface area (Å²) in [6, 6.07) is 8.39. The lowest BCUT2D eigenvalue weighted by molar-refractivity contribution is -0.181. The van der Waals surface area contributed by atoms with Crippen LogP contribution < -0.4 is 0 Å². The van der Waals surface area contributed by atoms with E-state index in [0.29, 0.717) is 12.8 Å². The number of hydrogen-bond donors (Lipinski definition) is 3. The van der Waals surface area contributed by atoms with Gasteiger partial charge in [-0.3, -0.25) is 4.79 Å². The Bertz CT molecular complexity index is 1230. The van der Waals surface area contributed by atoms with E-state index in [4.69, 9.17) is 5.10 Å². The Labute approximate surface area is 206 Å². The van der Waals surface area contributed by atoms with Crippen molar-refractivity contribution in [1.82, 2.24) is 9.78 Å². The number of benzene rings is 1. The van der Waals surface area contributed by atoms with Crippen molar-refractivity contribution >= 4 is 11.9 Å². The van der Waals surface area contributed by atoms with E-state index in [9.17, 15) is 20.1 Å². The Morgan fingerprint density at radius 1 is 1.26 bits per heavy atom. The van der Waals surface area contributed by atoms with Crippen LogP contribution in [0.15, 0.2) is 36.0 Å². The number of fused-ring (bicyclic) bond motifs is 6. The van der Waals surface area contributed by atoms with Crippen LogP contribution in [0.1, 0.15) is 62.8 Å². The molecule has 6 nitrogen and oxygen atoms in total. The van der Waals surface area contributed by atoms with Crippen LogP contribution in [-0.4, -0.2) is 49.2 Å². The molecule has 6 rings (SSSR count). The molecule has 0 aliphatic heterocycles. The van der Waals surface area contributed by atoms with Gasteiger partial charge in [-0.1, -0.05) is 31.6 Å². The Balaban J connectivity index is 1.37. The fourth-order valence-corrected chi connectivity index (χ4v) is 8.74. The molecular weight excluding hydrogens is 440 g/mol. The van der Waals surface area contributed by atoms with Crippen LogP contribution >= 0.6 is 0 Å². The van der Waals surface area contributed by atoms with Crippen LogP contribution in [0.25, 0.3) is 11.8 Å². The first-order valence-corrected chi connectivity index (χ1v) is 13.0. The lowest BCUT2D eigenvalue weighted by atomic mass is 9.45. The van der Waals surface area contributed by atoms with Gasteiger partial charge in [-0.25, -0.2) is 4.68 Å². The second-order valence-corrected chi connectivity index (χ2v) is 12.1. The van der Waals surface area contributed by atoms with Gasteiger partial charge >= 0.3 is 0 Å². The molecule has 186 valence electrons. The van der Waals surface area contributed by atoms with E-state index in [1.54, 1.807) is 0 Å². The van der Waals surface area contributed by atoms with Crippen molar-refractivity contribution in [2.45, 2.75) is 71.0 Å². The summed E-state index contributed by atoms with van der Waals surface area (Å²) < 4.78 is 2.03. The molecule has 35 heavy (non-hydrogen) atoms. The zero-order valence-electron chi connectivity index (χ0n) is 20.9. The molecule has 6 heteroatoms. The van der Waals surface area contributed by atoms with Crippen molar-refractivity contribution in [1.29, 1.82) is 0 Å². The number of aliphatic hydroxyl groups is 3. The number of allylic oxidation sites excluding steroid dienone is 1. The third-order valence-electron chi connectivity index (χ3n) is 10.4. The first-order valence-electron chi connectivity index (χ1n) is 13.0. The van der Waals surface area contributed by atoms with Crippen LogP contribution in [0.5, 0.6) is 0 Å². The average molecular weight is 477 g/mol. The van der Waals surface area contributed by atoms with Gasteiger partial charge in [-0.15, -0.1) is 0 Å². The molecule has 0 spiro atoms. The number of ketones is 1. The molecular formula is C29H36N2O4. The largest absolute Gasteiger partial charge is 0.393 e. The quantitative estimate of drug-likeness (QED) is 0.629. The number of carbonyl (C=O) groups excluding carboxylic acids is 1. The van der Waals surface area contributed by atoms with Crippen LogP contribution in [-0.2, 0) is 11.2 Å². The van der Waals surface area contributed by atoms with Crippen LogP contribution in [0.2, 0.25) is 0 Å². The van der Waals surface area contributed by atoms with Gasteiger partial charge in [0.05, 0.1) is 23.7 Å². The normalized spacial score (nSPS) is 39.8. The minimum absolute atomic E-state index is 0.0719. The lowest BCUT2D eigenvalue weighted by Crippen LogP contribution is -2.62. The van der Waals surface area contributed by atoms with Gasteiger partial charge in [0.2, 0.25) is 0 Å². The molecule has 0 amide bonds. The monoisotopic (exact) mass is 476 g/mol. The first-order chi connectivity index (χ1) is 16.6. The van der Waals surface area contributed by atoms with Gasteiger partial charge in [-0.05, 0) is 98.0 Å². The number of aryl methyl sites for hydroxylation is 1. The molecule has 0 saturated heterocycles.